The molecule has 118 valence electrons. The van der Waals surface area contributed by atoms with Gasteiger partial charge in [-0.25, -0.2) is 4.79 Å². The molecule has 2 heterocycles. The van der Waals surface area contributed by atoms with Crippen molar-refractivity contribution in [3.05, 3.63) is 32.6 Å². The Morgan fingerprint density at radius 1 is 1.67 bits per heavy atom. The van der Waals surface area contributed by atoms with Crippen LogP contribution in [0.4, 0.5) is 0 Å². The Bertz CT molecular complexity index is 620. The highest BCUT2D eigenvalue weighted by molar-refractivity contribution is 14.1. The summed E-state index contributed by atoms with van der Waals surface area (Å²) in [7, 11) is -2.07. The summed E-state index contributed by atoms with van der Waals surface area (Å²) in [6.07, 6.45) is -0.809. The average molecular weight is 431 g/mol. The fourth-order valence-corrected chi connectivity index (χ4v) is 3.72. The number of nitrogens with zero attached hydrogens (tertiary/aromatic N) is 1. The molecule has 0 radical (unpaired) electrons. The molecule has 0 aromatic carbocycles. The third kappa shape index (κ3) is 3.89. The molecule has 0 bridgehead atoms. The number of rotatable bonds is 4. The van der Waals surface area contributed by atoms with E-state index in [1.807, 2.05) is 22.6 Å². The smallest absolute Gasteiger partial charge is 0.330 e. The van der Waals surface area contributed by atoms with E-state index in [1.165, 1.54) is 10.8 Å². The Hall–Kier alpha value is -0.360. The predicted molar refractivity (Wildman–Crippen MR) is 82.8 cm³/mol. The number of hydrogen-bond donors (Lipinski definition) is 4. The zero-order valence-electron chi connectivity index (χ0n) is 11.0. The van der Waals surface area contributed by atoms with Crippen molar-refractivity contribution in [1.29, 1.82) is 0 Å². The number of hydrogen-bond acceptors (Lipinski definition) is 7. The molecule has 1 aromatic rings. The summed E-state index contributed by atoms with van der Waals surface area (Å²) in [6, 6.07) is 0. The zero-order valence-corrected chi connectivity index (χ0v) is 14.0. The number of alkyl halides is 1. The van der Waals surface area contributed by atoms with E-state index < -0.39 is 42.3 Å². The molecule has 1 saturated heterocycles. The highest BCUT2D eigenvalue weighted by Crippen LogP contribution is 2.36. The maximum atomic E-state index is 11.8. The maximum absolute atomic E-state index is 11.8. The molecule has 1 aliphatic rings. The van der Waals surface area contributed by atoms with Crippen LogP contribution in [-0.2, 0) is 9.26 Å². The topological polar surface area (TPSA) is 140 Å². The van der Waals surface area contributed by atoms with Crippen LogP contribution < -0.4 is 16.8 Å². The lowest BCUT2D eigenvalue weighted by Gasteiger charge is -2.21. The third-order valence-electron chi connectivity index (χ3n) is 3.06. The van der Waals surface area contributed by atoms with E-state index in [2.05, 4.69) is 4.98 Å². The Kier molecular flexibility index (Phi) is 5.52. The van der Waals surface area contributed by atoms with E-state index >= 15 is 0 Å². The van der Waals surface area contributed by atoms with Crippen LogP contribution in [0.1, 0.15) is 18.2 Å². The Morgan fingerprint density at radius 3 is 2.95 bits per heavy atom. The quantitative estimate of drug-likeness (QED) is 0.285. The summed E-state index contributed by atoms with van der Waals surface area (Å²) < 4.78 is 11.2. The lowest BCUT2D eigenvalue weighted by molar-refractivity contribution is -0.0460. The number of ether oxygens (including phenoxy) is 1. The molecule has 5 N–H and O–H groups in total. The standard InChI is InChI=1S/C10H15IN3O6P/c1-4-3-14(10(17)13-9(4)16)6-2-5(15)7(19-6)8(11)20-21(12)18/h3,5-8,15,18H,2,12H2,1H3,(H,13,16,17)/t5-,6+,7-,8?,21?/m0/s1. The molecule has 2 unspecified atom stereocenters. The van der Waals surface area contributed by atoms with Gasteiger partial charge >= 0.3 is 5.69 Å². The zero-order chi connectivity index (χ0) is 15.7. The van der Waals surface area contributed by atoms with Crippen molar-refractivity contribution in [3.8, 4) is 0 Å². The van der Waals surface area contributed by atoms with Crippen LogP contribution >= 0.6 is 31.1 Å². The minimum atomic E-state index is -2.07. The van der Waals surface area contributed by atoms with Gasteiger partial charge in [-0.05, 0) is 29.5 Å². The van der Waals surface area contributed by atoms with E-state index in [0.717, 1.165) is 0 Å². The number of aromatic nitrogens is 2. The van der Waals surface area contributed by atoms with Crippen LogP contribution in [0.3, 0.4) is 0 Å². The minimum absolute atomic E-state index is 0.160. The molecule has 2 rings (SSSR count). The first kappa shape index (κ1) is 17.0. The fraction of sp³-hybridized carbons (Fsp3) is 0.600. The van der Waals surface area contributed by atoms with Gasteiger partial charge in [0.05, 0.1) is 6.10 Å². The van der Waals surface area contributed by atoms with Gasteiger partial charge in [0.15, 0.2) is 0 Å². The molecule has 0 aliphatic carbocycles. The molecule has 5 atom stereocenters. The van der Waals surface area contributed by atoms with E-state index in [-0.39, 0.29) is 6.42 Å². The second-order valence-electron chi connectivity index (χ2n) is 4.60. The molecule has 9 nitrogen and oxygen atoms in total. The molecular formula is C10H15IN3O6P. The van der Waals surface area contributed by atoms with Crippen molar-refractivity contribution in [2.75, 3.05) is 0 Å². The summed E-state index contributed by atoms with van der Waals surface area (Å²) in [5.74, 6) is 0. The SMILES string of the molecule is Cc1cn([C@H]2C[C@H](O)[C@@H](C(I)OP(N)O)O2)c(=O)[nH]c1=O. The van der Waals surface area contributed by atoms with E-state index in [0.29, 0.717) is 5.56 Å². The highest BCUT2D eigenvalue weighted by atomic mass is 127. The van der Waals surface area contributed by atoms with Crippen LogP contribution in [0, 0.1) is 6.92 Å². The fourth-order valence-electron chi connectivity index (χ4n) is 2.05. The number of H-pyrrole nitrogens is 1. The number of nitrogens with two attached hydrogens (primary N) is 1. The summed E-state index contributed by atoms with van der Waals surface area (Å²) >= 11 is 1.85. The summed E-state index contributed by atoms with van der Waals surface area (Å²) in [5.41, 5.74) is 4.46. The number of aliphatic hydroxyl groups is 1. The lowest BCUT2D eigenvalue weighted by atomic mass is 10.2. The van der Waals surface area contributed by atoms with Crippen LogP contribution in [-0.4, -0.2) is 35.9 Å². The monoisotopic (exact) mass is 431 g/mol. The van der Waals surface area contributed by atoms with Gasteiger partial charge in [-0.1, -0.05) is 0 Å². The van der Waals surface area contributed by atoms with Gasteiger partial charge < -0.3 is 19.3 Å². The molecule has 21 heavy (non-hydrogen) atoms. The van der Waals surface area contributed by atoms with Gasteiger partial charge in [0, 0.05) is 18.2 Å². The van der Waals surface area contributed by atoms with Crippen molar-refractivity contribution < 1.29 is 19.3 Å². The van der Waals surface area contributed by atoms with Gasteiger partial charge in [-0.3, -0.25) is 19.8 Å². The molecule has 1 aliphatic heterocycles. The normalized spacial score (nSPS) is 28.5. The Morgan fingerprint density at radius 2 is 2.33 bits per heavy atom. The number of halogens is 1. The van der Waals surface area contributed by atoms with Gasteiger partial charge in [0.1, 0.15) is 16.4 Å². The molecule has 1 fully saturated rings. The summed E-state index contributed by atoms with van der Waals surface area (Å²) in [5, 5.41) is 10.0. The van der Waals surface area contributed by atoms with Gasteiger partial charge in [-0.15, -0.1) is 0 Å². The lowest BCUT2D eigenvalue weighted by Crippen LogP contribution is -2.34. The molecule has 0 amide bonds. The average Bonchev–Trinajstić information content (AvgIpc) is 2.75. The Labute approximate surface area is 134 Å². The first-order chi connectivity index (χ1) is 9.79. The molecule has 1 aromatic heterocycles. The number of nitrogens with one attached hydrogen (secondary N) is 1. The van der Waals surface area contributed by atoms with Crippen LogP contribution in [0.25, 0.3) is 0 Å². The number of aryl methyl sites for hydroxylation is 1. The third-order valence-corrected chi connectivity index (χ3v) is 4.87. The minimum Gasteiger partial charge on any atom is -0.390 e. The second kappa shape index (κ2) is 6.82. The molecule has 0 spiro atoms. The van der Waals surface area contributed by atoms with Crippen LogP contribution in [0.5, 0.6) is 0 Å². The molecule has 11 heteroatoms. The van der Waals surface area contributed by atoms with Crippen molar-refractivity contribution in [1.82, 2.24) is 9.55 Å². The van der Waals surface area contributed by atoms with Crippen LogP contribution in [0.15, 0.2) is 15.8 Å². The first-order valence-corrected chi connectivity index (χ1v) is 8.52. The largest absolute Gasteiger partial charge is 0.390 e. The van der Waals surface area contributed by atoms with E-state index in [4.69, 9.17) is 19.7 Å². The summed E-state index contributed by atoms with van der Waals surface area (Å²) in [6.45, 7) is 1.56. The number of aliphatic hydroxyl groups excluding tert-OH is 1. The van der Waals surface area contributed by atoms with Crippen LogP contribution in [0.2, 0.25) is 0 Å². The molecule has 0 saturated carbocycles. The highest BCUT2D eigenvalue weighted by Gasteiger charge is 2.40. The second-order valence-corrected chi connectivity index (χ2v) is 6.64. The van der Waals surface area contributed by atoms with Crippen molar-refractivity contribution >= 4 is 31.1 Å². The van der Waals surface area contributed by atoms with Crippen molar-refractivity contribution in [3.63, 3.8) is 0 Å². The number of aromatic amines is 1. The van der Waals surface area contributed by atoms with Crippen molar-refractivity contribution in [2.24, 2.45) is 5.50 Å². The van der Waals surface area contributed by atoms with E-state index in [1.54, 1.807) is 6.92 Å². The van der Waals surface area contributed by atoms with Crippen molar-refractivity contribution in [2.45, 2.75) is 35.9 Å². The predicted octanol–water partition coefficient (Wildman–Crippen LogP) is -0.551. The molecular weight excluding hydrogens is 416 g/mol. The van der Waals surface area contributed by atoms with Gasteiger partial charge in [-0.2, -0.15) is 0 Å². The van der Waals surface area contributed by atoms with Gasteiger partial charge in [0.25, 0.3) is 14.1 Å². The van der Waals surface area contributed by atoms with E-state index in [9.17, 15) is 14.7 Å². The maximum Gasteiger partial charge on any atom is 0.330 e. The van der Waals surface area contributed by atoms with Gasteiger partial charge in [0.2, 0.25) is 0 Å². The Balaban J connectivity index is 2.19. The summed E-state index contributed by atoms with van der Waals surface area (Å²) in [4.78, 5) is 34.4. The first-order valence-electron chi connectivity index (χ1n) is 5.99.